The first-order valence-corrected chi connectivity index (χ1v) is 9.35. The Labute approximate surface area is 137 Å². The number of nitrogens with one attached hydrogen (secondary N) is 1. The van der Waals surface area contributed by atoms with Crippen LogP contribution >= 0.6 is 15.9 Å². The van der Waals surface area contributed by atoms with Gasteiger partial charge in [0.05, 0.1) is 0 Å². The summed E-state index contributed by atoms with van der Waals surface area (Å²) in [4.78, 5) is 0. The first kappa shape index (κ1) is 14.1. The van der Waals surface area contributed by atoms with Gasteiger partial charge in [0.2, 0.25) is 0 Å². The van der Waals surface area contributed by atoms with Crippen molar-refractivity contribution in [2.24, 2.45) is 23.2 Å². The van der Waals surface area contributed by atoms with E-state index in [1.807, 2.05) is 0 Å². The molecule has 0 radical (unpaired) electrons. The number of rotatable bonds is 3. The molecule has 0 heterocycles. The highest BCUT2D eigenvalue weighted by molar-refractivity contribution is 9.10. The van der Waals surface area contributed by atoms with Gasteiger partial charge < -0.3 is 5.32 Å². The van der Waals surface area contributed by atoms with Gasteiger partial charge in [-0.2, -0.15) is 0 Å². The van der Waals surface area contributed by atoms with Crippen LogP contribution in [0.2, 0.25) is 0 Å². The minimum atomic E-state index is 0.574. The second-order valence-electron chi connectivity index (χ2n) is 8.16. The molecule has 1 aromatic carbocycles. The van der Waals surface area contributed by atoms with Crippen LogP contribution in [0.3, 0.4) is 0 Å². The van der Waals surface area contributed by atoms with E-state index in [4.69, 9.17) is 0 Å². The Hall–Kier alpha value is -0.500. The lowest BCUT2D eigenvalue weighted by Gasteiger charge is -2.59. The number of aryl methyl sites for hydroxylation is 1. The Kier molecular flexibility index (Phi) is 3.37. The van der Waals surface area contributed by atoms with E-state index in [0.29, 0.717) is 11.5 Å². The molecule has 114 valence electrons. The van der Waals surface area contributed by atoms with Crippen LogP contribution in [-0.4, -0.2) is 6.04 Å². The lowest BCUT2D eigenvalue weighted by atomic mass is 9.48. The number of hydrogen-bond donors (Lipinski definition) is 1. The first-order valence-electron chi connectivity index (χ1n) is 8.56. The SMILES string of the molecule is Cc1cc(Br)cc(NC(C)C23CC4CC(CC(C4)C2)C3)c1. The minimum Gasteiger partial charge on any atom is -0.382 e. The van der Waals surface area contributed by atoms with Crippen molar-refractivity contribution in [3.05, 3.63) is 28.2 Å². The molecule has 4 saturated carbocycles. The van der Waals surface area contributed by atoms with Gasteiger partial charge in [0.15, 0.2) is 0 Å². The Bertz CT molecular complexity index is 495. The smallest absolute Gasteiger partial charge is 0.0356 e. The molecule has 1 aromatic rings. The van der Waals surface area contributed by atoms with Crippen molar-refractivity contribution in [1.29, 1.82) is 0 Å². The molecule has 0 spiro atoms. The van der Waals surface area contributed by atoms with Crippen LogP contribution in [0.5, 0.6) is 0 Å². The highest BCUT2D eigenvalue weighted by atomic mass is 79.9. The van der Waals surface area contributed by atoms with Crippen molar-refractivity contribution >= 4 is 21.6 Å². The fourth-order valence-corrected chi connectivity index (χ4v) is 6.54. The summed E-state index contributed by atoms with van der Waals surface area (Å²) in [5, 5.41) is 3.85. The van der Waals surface area contributed by atoms with E-state index >= 15 is 0 Å². The molecule has 1 N–H and O–H groups in total. The van der Waals surface area contributed by atoms with Gasteiger partial charge in [-0.05, 0) is 99.3 Å². The van der Waals surface area contributed by atoms with E-state index in [-0.39, 0.29) is 0 Å². The largest absolute Gasteiger partial charge is 0.382 e. The summed E-state index contributed by atoms with van der Waals surface area (Å²) in [5.41, 5.74) is 3.18. The van der Waals surface area contributed by atoms with Gasteiger partial charge in [0, 0.05) is 16.2 Å². The molecule has 4 bridgehead atoms. The summed E-state index contributed by atoms with van der Waals surface area (Å²) >= 11 is 3.63. The molecule has 0 aliphatic heterocycles. The summed E-state index contributed by atoms with van der Waals surface area (Å²) in [6, 6.07) is 7.28. The molecule has 4 aliphatic carbocycles. The van der Waals surface area contributed by atoms with Crippen LogP contribution in [0, 0.1) is 30.1 Å². The average molecular weight is 348 g/mol. The number of hydrogen-bond acceptors (Lipinski definition) is 1. The molecule has 2 heteroatoms. The van der Waals surface area contributed by atoms with Crippen molar-refractivity contribution in [3.63, 3.8) is 0 Å². The predicted octanol–water partition coefficient (Wildman–Crippen LogP) is 5.77. The van der Waals surface area contributed by atoms with Gasteiger partial charge >= 0.3 is 0 Å². The van der Waals surface area contributed by atoms with Gasteiger partial charge in [-0.3, -0.25) is 0 Å². The first-order chi connectivity index (χ1) is 10.0. The number of anilines is 1. The Morgan fingerprint density at radius 2 is 1.62 bits per heavy atom. The summed E-state index contributed by atoms with van der Waals surface area (Å²) in [7, 11) is 0. The highest BCUT2D eigenvalue weighted by Gasteiger charge is 2.53. The van der Waals surface area contributed by atoms with Crippen molar-refractivity contribution < 1.29 is 0 Å². The maximum Gasteiger partial charge on any atom is 0.0356 e. The minimum absolute atomic E-state index is 0.574. The van der Waals surface area contributed by atoms with Crippen molar-refractivity contribution in [1.82, 2.24) is 0 Å². The Balaban J connectivity index is 1.55. The van der Waals surface area contributed by atoms with Crippen LogP contribution in [0.4, 0.5) is 5.69 Å². The number of benzene rings is 1. The molecule has 1 nitrogen and oxygen atoms in total. The normalized spacial score (nSPS) is 38.5. The molecule has 1 atom stereocenters. The third-order valence-electron chi connectivity index (χ3n) is 6.43. The fraction of sp³-hybridized carbons (Fsp3) is 0.684. The van der Waals surface area contributed by atoms with E-state index in [0.717, 1.165) is 17.8 Å². The molecule has 5 rings (SSSR count). The molecule has 21 heavy (non-hydrogen) atoms. The quantitative estimate of drug-likeness (QED) is 0.731. The number of halogens is 1. The second kappa shape index (κ2) is 5.01. The summed E-state index contributed by atoms with van der Waals surface area (Å²) in [6.07, 6.45) is 9.01. The van der Waals surface area contributed by atoms with E-state index in [1.165, 1.54) is 54.2 Å². The molecule has 4 fully saturated rings. The maximum absolute atomic E-state index is 3.85. The van der Waals surface area contributed by atoms with Crippen LogP contribution in [0.25, 0.3) is 0 Å². The zero-order valence-corrected chi connectivity index (χ0v) is 14.7. The van der Waals surface area contributed by atoms with Crippen molar-refractivity contribution in [2.45, 2.75) is 58.4 Å². The Morgan fingerprint density at radius 1 is 1.05 bits per heavy atom. The van der Waals surface area contributed by atoms with Gasteiger partial charge in [0.25, 0.3) is 0 Å². The van der Waals surface area contributed by atoms with Crippen LogP contribution in [-0.2, 0) is 0 Å². The molecule has 4 aliphatic rings. The second-order valence-corrected chi connectivity index (χ2v) is 9.08. The monoisotopic (exact) mass is 347 g/mol. The molecule has 0 saturated heterocycles. The van der Waals surface area contributed by atoms with Crippen LogP contribution in [0.15, 0.2) is 22.7 Å². The Morgan fingerprint density at radius 3 is 2.14 bits per heavy atom. The zero-order chi connectivity index (χ0) is 14.6. The highest BCUT2D eigenvalue weighted by Crippen LogP contribution is 2.61. The van der Waals surface area contributed by atoms with Crippen molar-refractivity contribution in [3.8, 4) is 0 Å². The van der Waals surface area contributed by atoms with E-state index in [2.05, 4.69) is 53.3 Å². The lowest BCUT2D eigenvalue weighted by Crippen LogP contribution is -2.52. The lowest BCUT2D eigenvalue weighted by molar-refractivity contribution is -0.0602. The van der Waals surface area contributed by atoms with Gasteiger partial charge in [-0.15, -0.1) is 0 Å². The van der Waals surface area contributed by atoms with E-state index in [1.54, 1.807) is 0 Å². The standard InChI is InChI=1S/C19H26BrN/c1-12-3-17(20)8-18(4-12)21-13(2)19-9-14-5-15(10-19)7-16(6-14)11-19/h3-4,8,13-16,21H,5-7,9-11H2,1-2H3. The van der Waals surface area contributed by atoms with Gasteiger partial charge in [-0.25, -0.2) is 0 Å². The van der Waals surface area contributed by atoms with E-state index in [9.17, 15) is 0 Å². The summed E-state index contributed by atoms with van der Waals surface area (Å²) < 4.78 is 1.18. The molecular weight excluding hydrogens is 322 g/mol. The fourth-order valence-electron chi connectivity index (χ4n) is 5.93. The van der Waals surface area contributed by atoms with Crippen molar-refractivity contribution in [2.75, 3.05) is 5.32 Å². The van der Waals surface area contributed by atoms with E-state index < -0.39 is 0 Å². The molecular formula is C19H26BrN. The molecule has 0 aromatic heterocycles. The zero-order valence-electron chi connectivity index (χ0n) is 13.2. The average Bonchev–Trinajstić information content (AvgIpc) is 2.35. The summed E-state index contributed by atoms with van der Waals surface area (Å²) in [6.45, 7) is 4.61. The van der Waals surface area contributed by atoms with Crippen LogP contribution < -0.4 is 5.32 Å². The third kappa shape index (κ3) is 2.54. The topological polar surface area (TPSA) is 12.0 Å². The van der Waals surface area contributed by atoms with Gasteiger partial charge in [-0.1, -0.05) is 15.9 Å². The predicted molar refractivity (Wildman–Crippen MR) is 92.6 cm³/mol. The van der Waals surface area contributed by atoms with Crippen LogP contribution in [0.1, 0.15) is 51.0 Å². The molecule has 0 amide bonds. The summed E-state index contributed by atoms with van der Waals surface area (Å²) in [5.74, 6) is 3.10. The third-order valence-corrected chi connectivity index (χ3v) is 6.89. The van der Waals surface area contributed by atoms with Gasteiger partial charge in [0.1, 0.15) is 0 Å². The molecule has 1 unspecified atom stereocenters. The maximum atomic E-state index is 3.85.